The number of halogens is 5. The Hall–Kier alpha value is -2.61. The average molecular weight is 491 g/mol. The van der Waals surface area contributed by atoms with E-state index in [9.17, 15) is 32.7 Å². The molecule has 1 aromatic heterocycles. The third-order valence-corrected chi connectivity index (χ3v) is 5.00. The maximum absolute atomic E-state index is 14.8. The molecule has 2 rings (SSSR count). The Kier molecular flexibility index (Phi) is 6.24. The molecule has 0 aliphatic carbocycles. The molecule has 1 aromatic carbocycles. The molecular formula is C19H19BrF4N4O2. The summed E-state index contributed by atoms with van der Waals surface area (Å²) in [5, 5.41) is 19.2. The molecule has 1 amide bonds. The highest BCUT2D eigenvalue weighted by atomic mass is 79.9. The molecule has 0 radical (unpaired) electrons. The van der Waals surface area contributed by atoms with Crippen molar-refractivity contribution in [3.63, 3.8) is 0 Å². The van der Waals surface area contributed by atoms with E-state index >= 15 is 0 Å². The predicted molar refractivity (Wildman–Crippen MR) is 103 cm³/mol. The van der Waals surface area contributed by atoms with Crippen molar-refractivity contribution >= 4 is 22.0 Å². The van der Waals surface area contributed by atoms with Crippen LogP contribution in [-0.4, -0.2) is 31.2 Å². The van der Waals surface area contributed by atoms with Crippen LogP contribution in [0.3, 0.4) is 0 Å². The number of aromatic nitrogens is 2. The molecule has 0 saturated carbocycles. The standard InChI is InChI=1S/C19H19BrF4N4O2/c1-17(2,3)28(16(29)30)18(4,12-7-11(20)5-6-13(12)21)10-27-9-14(19(22,23)24)26-15(27)8-25/h5-7,9H,10H2,1-4H3,(H,29,30)/t18-/m0/s1. The van der Waals surface area contributed by atoms with E-state index in [2.05, 4.69) is 20.9 Å². The number of benzene rings is 1. The Morgan fingerprint density at radius 3 is 2.37 bits per heavy atom. The van der Waals surface area contributed by atoms with Crippen LogP contribution < -0.4 is 0 Å². The number of carbonyl (C=O) groups is 1. The highest BCUT2D eigenvalue weighted by molar-refractivity contribution is 9.10. The van der Waals surface area contributed by atoms with Crippen LogP contribution in [0.15, 0.2) is 28.9 Å². The van der Waals surface area contributed by atoms with Crippen LogP contribution in [0.25, 0.3) is 0 Å². The second kappa shape index (κ2) is 7.91. The van der Waals surface area contributed by atoms with Crippen molar-refractivity contribution in [3.8, 4) is 6.07 Å². The Balaban J connectivity index is 2.79. The number of hydrogen-bond acceptors (Lipinski definition) is 3. The van der Waals surface area contributed by atoms with Crippen LogP contribution >= 0.6 is 15.9 Å². The lowest BCUT2D eigenvalue weighted by Crippen LogP contribution is -2.58. The van der Waals surface area contributed by atoms with Gasteiger partial charge < -0.3 is 9.67 Å². The fourth-order valence-electron chi connectivity index (χ4n) is 3.52. The first-order valence-corrected chi connectivity index (χ1v) is 9.44. The summed E-state index contributed by atoms with van der Waals surface area (Å²) in [7, 11) is 0. The Morgan fingerprint density at radius 2 is 1.90 bits per heavy atom. The normalized spacial score (nSPS) is 14.1. The van der Waals surface area contributed by atoms with Crippen LogP contribution in [-0.2, 0) is 18.3 Å². The van der Waals surface area contributed by atoms with E-state index in [4.69, 9.17) is 0 Å². The largest absolute Gasteiger partial charge is 0.465 e. The van der Waals surface area contributed by atoms with Gasteiger partial charge in [-0.1, -0.05) is 15.9 Å². The summed E-state index contributed by atoms with van der Waals surface area (Å²) in [4.78, 5) is 16.4. The fraction of sp³-hybridized carbons (Fsp3) is 0.421. The number of imidazole rings is 1. The van der Waals surface area contributed by atoms with Crippen LogP contribution in [0.1, 0.15) is 44.8 Å². The zero-order valence-electron chi connectivity index (χ0n) is 16.6. The monoisotopic (exact) mass is 490 g/mol. The van der Waals surface area contributed by atoms with Crippen LogP contribution in [0.4, 0.5) is 22.4 Å². The van der Waals surface area contributed by atoms with E-state index in [0.717, 1.165) is 15.5 Å². The van der Waals surface area contributed by atoms with Crippen molar-refractivity contribution in [1.82, 2.24) is 14.5 Å². The lowest BCUT2D eigenvalue weighted by Gasteiger charge is -2.47. The van der Waals surface area contributed by atoms with Gasteiger partial charge in [0.1, 0.15) is 11.9 Å². The molecule has 0 unspecified atom stereocenters. The molecule has 0 aliphatic rings. The summed E-state index contributed by atoms with van der Waals surface area (Å²) in [5.74, 6) is -1.31. The molecule has 1 N–H and O–H groups in total. The molecule has 162 valence electrons. The third-order valence-electron chi connectivity index (χ3n) is 4.51. The van der Waals surface area contributed by atoms with Gasteiger partial charge >= 0.3 is 12.3 Å². The van der Waals surface area contributed by atoms with Crippen LogP contribution in [0.2, 0.25) is 0 Å². The van der Waals surface area contributed by atoms with Gasteiger partial charge in [-0.2, -0.15) is 18.4 Å². The Morgan fingerprint density at radius 1 is 1.30 bits per heavy atom. The number of nitriles is 1. The van der Waals surface area contributed by atoms with Gasteiger partial charge in [0.15, 0.2) is 5.69 Å². The van der Waals surface area contributed by atoms with Gasteiger partial charge in [0.05, 0.1) is 12.1 Å². The van der Waals surface area contributed by atoms with Gasteiger partial charge in [0, 0.05) is 21.8 Å². The number of alkyl halides is 3. The SMILES string of the molecule is CC(C)(C)N(C(=O)O)[C@@](C)(Cn1cc(C(F)(F)F)nc1C#N)c1cc(Br)ccc1F. The molecule has 0 bridgehead atoms. The van der Waals surface area contributed by atoms with E-state index < -0.39 is 47.2 Å². The van der Waals surface area contributed by atoms with E-state index in [1.165, 1.54) is 19.1 Å². The lowest BCUT2D eigenvalue weighted by atomic mass is 9.85. The van der Waals surface area contributed by atoms with E-state index in [1.807, 2.05) is 0 Å². The maximum Gasteiger partial charge on any atom is 0.434 e. The second-order valence-corrected chi connectivity index (χ2v) is 8.79. The van der Waals surface area contributed by atoms with E-state index in [1.54, 1.807) is 26.8 Å². The number of amides is 1. The molecule has 2 aromatic rings. The zero-order valence-corrected chi connectivity index (χ0v) is 18.1. The predicted octanol–water partition coefficient (Wildman–Crippen LogP) is 5.37. The molecule has 0 fully saturated rings. The molecule has 30 heavy (non-hydrogen) atoms. The zero-order chi connectivity index (χ0) is 23.1. The minimum atomic E-state index is -4.80. The smallest absolute Gasteiger partial charge is 0.434 e. The summed E-state index contributed by atoms with van der Waals surface area (Å²) < 4.78 is 55.5. The van der Waals surface area contributed by atoms with Crippen molar-refractivity contribution in [2.75, 3.05) is 0 Å². The Labute approximate surface area is 178 Å². The fourth-order valence-corrected chi connectivity index (χ4v) is 3.88. The Bertz CT molecular complexity index is 1010. The third kappa shape index (κ3) is 4.59. The number of hydrogen-bond donors (Lipinski definition) is 1. The molecule has 1 heterocycles. The molecule has 0 saturated heterocycles. The summed E-state index contributed by atoms with van der Waals surface area (Å²) in [6.07, 6.45) is -5.58. The summed E-state index contributed by atoms with van der Waals surface area (Å²) in [6, 6.07) is 5.49. The highest BCUT2D eigenvalue weighted by Gasteiger charge is 2.46. The lowest BCUT2D eigenvalue weighted by molar-refractivity contribution is -0.141. The summed E-state index contributed by atoms with van der Waals surface area (Å²) in [5.41, 5.74) is -4.11. The van der Waals surface area contributed by atoms with Gasteiger partial charge in [-0.15, -0.1) is 0 Å². The van der Waals surface area contributed by atoms with Gasteiger partial charge in [-0.25, -0.2) is 14.2 Å². The minimum absolute atomic E-state index is 0.0691. The number of rotatable bonds is 4. The van der Waals surface area contributed by atoms with Gasteiger partial charge in [0.2, 0.25) is 5.82 Å². The molecular weight excluding hydrogens is 472 g/mol. The van der Waals surface area contributed by atoms with Crippen molar-refractivity contribution in [2.24, 2.45) is 0 Å². The first kappa shape index (κ1) is 23.7. The van der Waals surface area contributed by atoms with E-state index in [0.29, 0.717) is 10.7 Å². The summed E-state index contributed by atoms with van der Waals surface area (Å²) >= 11 is 3.22. The minimum Gasteiger partial charge on any atom is -0.465 e. The molecule has 11 heteroatoms. The molecule has 1 atom stereocenters. The first-order chi connectivity index (χ1) is 13.6. The van der Waals surface area contributed by atoms with Gasteiger partial charge in [0.25, 0.3) is 0 Å². The van der Waals surface area contributed by atoms with Crippen LogP contribution in [0, 0.1) is 17.1 Å². The van der Waals surface area contributed by atoms with Crippen molar-refractivity contribution < 1.29 is 27.5 Å². The van der Waals surface area contributed by atoms with Gasteiger partial charge in [-0.3, -0.25) is 4.90 Å². The highest BCUT2D eigenvalue weighted by Crippen LogP contribution is 2.39. The van der Waals surface area contributed by atoms with Gasteiger partial charge in [-0.05, 0) is 45.9 Å². The molecule has 6 nitrogen and oxygen atoms in total. The second-order valence-electron chi connectivity index (χ2n) is 7.87. The van der Waals surface area contributed by atoms with Crippen molar-refractivity contribution in [2.45, 2.75) is 51.5 Å². The molecule has 0 aliphatic heterocycles. The number of carboxylic acid groups (broad SMARTS) is 1. The topological polar surface area (TPSA) is 82.2 Å². The molecule has 0 spiro atoms. The summed E-state index contributed by atoms with van der Waals surface area (Å²) in [6.45, 7) is 5.65. The van der Waals surface area contributed by atoms with Crippen molar-refractivity contribution in [1.29, 1.82) is 5.26 Å². The quantitative estimate of drug-likeness (QED) is 0.584. The van der Waals surface area contributed by atoms with Crippen molar-refractivity contribution in [3.05, 3.63) is 51.8 Å². The van der Waals surface area contributed by atoms with Crippen LogP contribution in [0.5, 0.6) is 0 Å². The van der Waals surface area contributed by atoms with E-state index in [-0.39, 0.29) is 5.56 Å². The number of nitrogens with zero attached hydrogens (tertiary/aromatic N) is 4. The first-order valence-electron chi connectivity index (χ1n) is 8.64. The average Bonchev–Trinajstić information content (AvgIpc) is 2.98. The maximum atomic E-state index is 14.8.